The Morgan fingerprint density at radius 3 is 2.50 bits per heavy atom. The van der Waals surface area contributed by atoms with Gasteiger partial charge in [0.15, 0.2) is 0 Å². The summed E-state index contributed by atoms with van der Waals surface area (Å²) in [4.78, 5) is 3.19. The van der Waals surface area contributed by atoms with Gasteiger partial charge in [0.2, 0.25) is 0 Å². The van der Waals surface area contributed by atoms with Crippen LogP contribution in [-0.2, 0) is 10.0 Å². The van der Waals surface area contributed by atoms with Gasteiger partial charge in [0.1, 0.15) is 0 Å². The number of nitrogens with one attached hydrogen (secondary N) is 2. The van der Waals surface area contributed by atoms with E-state index in [1.807, 2.05) is 6.07 Å². The average Bonchev–Trinajstić information content (AvgIpc) is 2.83. The second-order valence-corrected chi connectivity index (χ2v) is 6.37. The second-order valence-electron chi connectivity index (χ2n) is 4.28. The molecule has 0 bridgehead atoms. The van der Waals surface area contributed by atoms with Crippen molar-refractivity contribution in [2.24, 2.45) is 0 Å². The molecule has 3 rings (SSSR count). The third-order valence-corrected chi connectivity index (χ3v) is 4.66. The fraction of sp³-hybridized carbons (Fsp3) is 0. The van der Waals surface area contributed by atoms with Crippen LogP contribution < -0.4 is 4.72 Å². The molecule has 0 spiro atoms. The van der Waals surface area contributed by atoms with Gasteiger partial charge in [-0.3, -0.25) is 4.72 Å². The highest BCUT2D eigenvalue weighted by atomic mass is 35.5. The summed E-state index contributed by atoms with van der Waals surface area (Å²) in [5.74, 6) is 0. The number of halogens is 1. The molecule has 0 aliphatic heterocycles. The van der Waals surface area contributed by atoms with E-state index in [0.717, 1.165) is 5.39 Å². The molecular formula is C14H11ClN2O2S. The van der Waals surface area contributed by atoms with E-state index in [9.17, 15) is 8.42 Å². The zero-order valence-corrected chi connectivity index (χ0v) is 11.9. The monoisotopic (exact) mass is 306 g/mol. The topological polar surface area (TPSA) is 62.0 Å². The van der Waals surface area contributed by atoms with Crippen LogP contribution in [0.3, 0.4) is 0 Å². The molecule has 2 aromatic carbocycles. The quantitative estimate of drug-likeness (QED) is 0.776. The predicted molar refractivity (Wildman–Crippen MR) is 80.6 cm³/mol. The van der Waals surface area contributed by atoms with Gasteiger partial charge in [0.05, 0.1) is 21.1 Å². The van der Waals surface area contributed by atoms with Crippen molar-refractivity contribution in [1.29, 1.82) is 0 Å². The van der Waals surface area contributed by atoms with Gasteiger partial charge in [-0.15, -0.1) is 0 Å². The maximum Gasteiger partial charge on any atom is 0.261 e. The highest BCUT2D eigenvalue weighted by molar-refractivity contribution is 7.92. The van der Waals surface area contributed by atoms with Gasteiger partial charge < -0.3 is 4.98 Å². The first-order chi connectivity index (χ1) is 9.58. The molecule has 3 aromatic rings. The summed E-state index contributed by atoms with van der Waals surface area (Å²) in [5.41, 5.74) is 1.13. The average molecular weight is 307 g/mol. The number of aromatic nitrogens is 1. The molecule has 0 amide bonds. The molecule has 0 atom stereocenters. The first kappa shape index (κ1) is 13.0. The maximum atomic E-state index is 12.3. The molecule has 0 aliphatic carbocycles. The van der Waals surface area contributed by atoms with E-state index in [4.69, 9.17) is 11.6 Å². The molecule has 20 heavy (non-hydrogen) atoms. The summed E-state index contributed by atoms with van der Waals surface area (Å²) in [6, 6.07) is 13.5. The van der Waals surface area contributed by atoms with Gasteiger partial charge in [-0.05, 0) is 18.2 Å². The minimum absolute atomic E-state index is 0.217. The second kappa shape index (κ2) is 4.85. The lowest BCUT2D eigenvalue weighted by molar-refractivity contribution is 0.601. The highest BCUT2D eigenvalue weighted by Crippen LogP contribution is 2.29. The van der Waals surface area contributed by atoms with Gasteiger partial charge in [-0.25, -0.2) is 8.42 Å². The molecular weight excluding hydrogens is 296 g/mol. The number of hydrogen-bond acceptors (Lipinski definition) is 2. The minimum atomic E-state index is -3.61. The highest BCUT2D eigenvalue weighted by Gasteiger charge is 2.15. The lowest BCUT2D eigenvalue weighted by Gasteiger charge is -2.09. The number of sulfonamides is 1. The first-order valence-corrected chi connectivity index (χ1v) is 7.77. The van der Waals surface area contributed by atoms with Crippen molar-refractivity contribution < 1.29 is 8.42 Å². The SMILES string of the molecule is O=S(=O)(Nc1cccc2c(Cl)c[nH]c12)c1ccccc1. The molecule has 2 N–H and O–H groups in total. The number of rotatable bonds is 3. The maximum absolute atomic E-state index is 12.3. The van der Waals surface area contributed by atoms with E-state index >= 15 is 0 Å². The lowest BCUT2D eigenvalue weighted by Crippen LogP contribution is -2.13. The largest absolute Gasteiger partial charge is 0.358 e. The molecule has 0 fully saturated rings. The summed E-state index contributed by atoms with van der Waals surface area (Å²) in [6.07, 6.45) is 1.63. The zero-order chi connectivity index (χ0) is 14.2. The normalized spacial score (nSPS) is 11.7. The number of hydrogen-bond donors (Lipinski definition) is 2. The van der Waals surface area contributed by atoms with E-state index in [0.29, 0.717) is 16.2 Å². The fourth-order valence-electron chi connectivity index (χ4n) is 2.01. The third kappa shape index (κ3) is 2.26. The van der Waals surface area contributed by atoms with Crippen molar-refractivity contribution in [3.05, 3.63) is 59.8 Å². The van der Waals surface area contributed by atoms with E-state index in [1.54, 1.807) is 48.7 Å². The van der Waals surface area contributed by atoms with Gasteiger partial charge in [-0.2, -0.15) is 0 Å². The Morgan fingerprint density at radius 2 is 1.75 bits per heavy atom. The Morgan fingerprint density at radius 1 is 1.00 bits per heavy atom. The molecule has 1 heterocycles. The molecule has 6 heteroatoms. The number of benzene rings is 2. The molecule has 0 radical (unpaired) electrons. The van der Waals surface area contributed by atoms with Crippen LogP contribution in [0, 0.1) is 0 Å². The summed E-state index contributed by atoms with van der Waals surface area (Å²) in [6.45, 7) is 0. The standard InChI is InChI=1S/C14H11ClN2O2S/c15-12-9-16-14-11(12)7-4-8-13(14)17-20(18,19)10-5-2-1-3-6-10/h1-9,16-17H. The summed E-state index contributed by atoms with van der Waals surface area (Å²) in [7, 11) is -3.61. The van der Waals surface area contributed by atoms with Crippen LogP contribution in [0.1, 0.15) is 0 Å². The van der Waals surface area contributed by atoms with E-state index in [1.165, 1.54) is 0 Å². The Kier molecular flexibility index (Phi) is 3.16. The van der Waals surface area contributed by atoms with Crippen molar-refractivity contribution in [3.63, 3.8) is 0 Å². The van der Waals surface area contributed by atoms with Gasteiger partial charge >= 0.3 is 0 Å². The van der Waals surface area contributed by atoms with Crippen molar-refractivity contribution in [2.75, 3.05) is 4.72 Å². The molecule has 0 saturated heterocycles. The van der Waals surface area contributed by atoms with Crippen LogP contribution in [0.25, 0.3) is 10.9 Å². The minimum Gasteiger partial charge on any atom is -0.358 e. The molecule has 102 valence electrons. The summed E-state index contributed by atoms with van der Waals surface area (Å²) >= 11 is 6.02. The van der Waals surface area contributed by atoms with Crippen molar-refractivity contribution in [2.45, 2.75) is 4.90 Å². The Hall–Kier alpha value is -1.98. The fourth-order valence-corrected chi connectivity index (χ4v) is 3.31. The zero-order valence-electron chi connectivity index (χ0n) is 10.3. The molecule has 1 aromatic heterocycles. The number of para-hydroxylation sites is 1. The Labute approximate surface area is 121 Å². The van der Waals surface area contributed by atoms with Gasteiger partial charge in [0, 0.05) is 11.6 Å². The first-order valence-electron chi connectivity index (χ1n) is 5.91. The van der Waals surface area contributed by atoms with Crippen molar-refractivity contribution >= 4 is 38.2 Å². The molecule has 0 saturated carbocycles. The van der Waals surface area contributed by atoms with Crippen LogP contribution in [0.5, 0.6) is 0 Å². The van der Waals surface area contributed by atoms with Crippen LogP contribution in [-0.4, -0.2) is 13.4 Å². The van der Waals surface area contributed by atoms with E-state index in [2.05, 4.69) is 9.71 Å². The van der Waals surface area contributed by atoms with Crippen LogP contribution in [0.4, 0.5) is 5.69 Å². The molecule has 0 aliphatic rings. The Balaban J connectivity index is 2.06. The molecule has 0 unspecified atom stereocenters. The van der Waals surface area contributed by atoms with Crippen molar-refractivity contribution in [3.8, 4) is 0 Å². The number of aromatic amines is 1. The van der Waals surface area contributed by atoms with Crippen LogP contribution in [0.15, 0.2) is 59.6 Å². The van der Waals surface area contributed by atoms with Crippen molar-refractivity contribution in [1.82, 2.24) is 4.98 Å². The number of H-pyrrole nitrogens is 1. The van der Waals surface area contributed by atoms with Crippen LogP contribution in [0.2, 0.25) is 5.02 Å². The number of fused-ring (bicyclic) bond motifs is 1. The smallest absolute Gasteiger partial charge is 0.261 e. The molecule has 4 nitrogen and oxygen atoms in total. The van der Waals surface area contributed by atoms with E-state index in [-0.39, 0.29) is 4.90 Å². The Bertz CT molecular complexity index is 857. The lowest BCUT2D eigenvalue weighted by atomic mass is 10.2. The van der Waals surface area contributed by atoms with Crippen LogP contribution >= 0.6 is 11.6 Å². The summed E-state index contributed by atoms with van der Waals surface area (Å²) in [5, 5.41) is 1.33. The third-order valence-electron chi connectivity index (χ3n) is 2.96. The number of anilines is 1. The van der Waals surface area contributed by atoms with Gasteiger partial charge in [-0.1, -0.05) is 41.9 Å². The predicted octanol–water partition coefficient (Wildman–Crippen LogP) is 3.62. The van der Waals surface area contributed by atoms with E-state index < -0.39 is 10.0 Å². The summed E-state index contributed by atoms with van der Waals surface area (Å²) < 4.78 is 27.2. The van der Waals surface area contributed by atoms with Gasteiger partial charge in [0.25, 0.3) is 10.0 Å².